The van der Waals surface area contributed by atoms with Crippen molar-refractivity contribution in [3.8, 4) is 0 Å². The Labute approximate surface area is 187 Å². The highest BCUT2D eigenvalue weighted by molar-refractivity contribution is 8.00. The van der Waals surface area contributed by atoms with E-state index in [1.54, 1.807) is 6.08 Å². The summed E-state index contributed by atoms with van der Waals surface area (Å²) in [6.07, 6.45) is 2.34. The number of carbonyl (C=O) groups excluding carboxylic acids is 1. The summed E-state index contributed by atoms with van der Waals surface area (Å²) in [5.41, 5.74) is 2.84. The van der Waals surface area contributed by atoms with Gasteiger partial charge in [-0.2, -0.15) is 0 Å². The van der Waals surface area contributed by atoms with Crippen LogP contribution in [0.4, 0.5) is 11.4 Å². The lowest BCUT2D eigenvalue weighted by Gasteiger charge is -2.13. The molecule has 2 aromatic carbocycles. The van der Waals surface area contributed by atoms with Crippen LogP contribution in [0.1, 0.15) is 13.3 Å². The maximum atomic E-state index is 12.8. The van der Waals surface area contributed by atoms with Gasteiger partial charge in [0.1, 0.15) is 5.52 Å². The number of nitro groups is 1. The largest absolute Gasteiger partial charge is 0.325 e. The molecule has 0 spiro atoms. The first kappa shape index (κ1) is 21.4. The lowest BCUT2D eigenvalue weighted by molar-refractivity contribution is -0.384. The number of allylic oxidation sites excluding steroid dienone is 1. The minimum Gasteiger partial charge on any atom is -0.325 e. The van der Waals surface area contributed by atoms with Crippen LogP contribution in [0.15, 0.2) is 66.3 Å². The van der Waals surface area contributed by atoms with E-state index in [0.29, 0.717) is 35.0 Å². The fraction of sp³-hybridized carbons (Fsp3) is 0.182. The topological polar surface area (TPSA) is 116 Å². The van der Waals surface area contributed by atoms with Crippen molar-refractivity contribution in [3.63, 3.8) is 0 Å². The highest BCUT2D eigenvalue weighted by Crippen LogP contribution is 2.29. The summed E-state index contributed by atoms with van der Waals surface area (Å²) in [4.78, 5) is 27.8. The van der Waals surface area contributed by atoms with Crippen LogP contribution in [-0.4, -0.2) is 35.8 Å². The van der Waals surface area contributed by atoms with Gasteiger partial charge in [-0.1, -0.05) is 43.0 Å². The van der Waals surface area contributed by atoms with E-state index in [1.807, 2.05) is 35.8 Å². The highest BCUT2D eigenvalue weighted by atomic mass is 32.2. The molecule has 1 atom stereocenters. The molecular formula is C22H20N6O3S. The number of nitrogens with one attached hydrogen (secondary N) is 1. The molecule has 162 valence electrons. The SMILES string of the molecule is C=CCn1c2ccccc2c2nnc(S[C@H](CC)C(=O)Nc3ccc([N+](=O)[O-])cc3)nc21. The smallest absolute Gasteiger partial charge is 0.269 e. The normalized spacial score (nSPS) is 12.0. The monoisotopic (exact) mass is 448 g/mol. The molecule has 4 rings (SSSR count). The Bertz CT molecular complexity index is 1320. The Balaban J connectivity index is 1.58. The van der Waals surface area contributed by atoms with Crippen LogP contribution in [0.3, 0.4) is 0 Å². The number of non-ortho nitro benzene ring substituents is 1. The zero-order chi connectivity index (χ0) is 22.7. The van der Waals surface area contributed by atoms with Crippen molar-refractivity contribution in [2.45, 2.75) is 30.3 Å². The summed E-state index contributed by atoms with van der Waals surface area (Å²) in [6, 6.07) is 13.6. The average Bonchev–Trinajstić information content (AvgIpc) is 3.11. The molecule has 0 aliphatic heterocycles. The summed E-state index contributed by atoms with van der Waals surface area (Å²) in [5, 5.41) is 23.1. The zero-order valence-corrected chi connectivity index (χ0v) is 18.1. The van der Waals surface area contributed by atoms with Crippen LogP contribution in [-0.2, 0) is 11.3 Å². The van der Waals surface area contributed by atoms with Gasteiger partial charge in [0.05, 0.1) is 15.7 Å². The fourth-order valence-corrected chi connectivity index (χ4v) is 4.21. The Morgan fingerprint density at radius 3 is 2.69 bits per heavy atom. The summed E-state index contributed by atoms with van der Waals surface area (Å²) < 4.78 is 2.02. The van der Waals surface area contributed by atoms with Crippen LogP contribution >= 0.6 is 11.8 Å². The van der Waals surface area contributed by atoms with E-state index in [2.05, 4.69) is 27.1 Å². The summed E-state index contributed by atoms with van der Waals surface area (Å²) in [5.74, 6) is -0.235. The number of hydrogen-bond acceptors (Lipinski definition) is 7. The van der Waals surface area contributed by atoms with Gasteiger partial charge in [0.2, 0.25) is 11.1 Å². The van der Waals surface area contributed by atoms with Crippen LogP contribution in [0.2, 0.25) is 0 Å². The number of hydrogen-bond donors (Lipinski definition) is 1. The van der Waals surface area contributed by atoms with Crippen LogP contribution in [0, 0.1) is 10.1 Å². The molecule has 0 fully saturated rings. The van der Waals surface area contributed by atoms with Crippen molar-refractivity contribution in [3.05, 3.63) is 71.3 Å². The molecule has 10 heteroatoms. The maximum Gasteiger partial charge on any atom is 0.269 e. The summed E-state index contributed by atoms with van der Waals surface area (Å²) >= 11 is 1.23. The molecule has 0 unspecified atom stereocenters. The fourth-order valence-electron chi connectivity index (χ4n) is 3.39. The summed E-state index contributed by atoms with van der Waals surface area (Å²) in [6.45, 7) is 6.30. The van der Waals surface area contributed by atoms with Crippen LogP contribution < -0.4 is 5.32 Å². The number of para-hydroxylation sites is 1. The predicted molar refractivity (Wildman–Crippen MR) is 125 cm³/mol. The first-order valence-corrected chi connectivity index (χ1v) is 10.8. The van der Waals surface area contributed by atoms with E-state index < -0.39 is 10.2 Å². The maximum absolute atomic E-state index is 12.8. The second kappa shape index (κ2) is 9.15. The number of fused-ring (bicyclic) bond motifs is 3. The number of carbonyl (C=O) groups is 1. The number of rotatable bonds is 8. The van der Waals surface area contributed by atoms with Gasteiger partial charge in [-0.15, -0.1) is 16.8 Å². The van der Waals surface area contributed by atoms with Crippen molar-refractivity contribution < 1.29 is 9.72 Å². The molecule has 1 amide bonds. The number of anilines is 1. The first-order valence-electron chi connectivity index (χ1n) is 9.96. The lowest BCUT2D eigenvalue weighted by Crippen LogP contribution is -2.24. The standard InChI is InChI=1S/C22H20N6O3S/c1-3-13-27-17-8-6-5-7-16(17)19-20(27)24-22(26-25-19)32-18(4-2)21(29)23-14-9-11-15(12-10-14)28(30)31/h3,5-12,18H,1,4,13H2,2H3,(H,23,29)/t18-/m1/s1. The number of aromatic nitrogens is 4. The molecule has 2 heterocycles. The molecular weight excluding hydrogens is 428 g/mol. The number of nitro benzene ring substituents is 1. The van der Waals surface area contributed by atoms with Gasteiger partial charge in [-0.3, -0.25) is 14.9 Å². The third-order valence-electron chi connectivity index (χ3n) is 4.92. The molecule has 9 nitrogen and oxygen atoms in total. The number of benzene rings is 2. The molecule has 0 radical (unpaired) electrons. The van der Waals surface area contributed by atoms with Gasteiger partial charge in [-0.05, 0) is 24.6 Å². The summed E-state index contributed by atoms with van der Waals surface area (Å²) in [7, 11) is 0. The Kier molecular flexibility index (Phi) is 6.13. The second-order valence-electron chi connectivity index (χ2n) is 6.99. The van der Waals surface area contributed by atoms with Gasteiger partial charge in [0.25, 0.3) is 5.69 Å². The van der Waals surface area contributed by atoms with E-state index in [1.165, 1.54) is 36.0 Å². The Morgan fingerprint density at radius 2 is 2.00 bits per heavy atom. The molecule has 0 saturated heterocycles. The average molecular weight is 449 g/mol. The van der Waals surface area contributed by atoms with Crippen molar-refractivity contribution in [2.75, 3.05) is 5.32 Å². The molecule has 2 aromatic heterocycles. The molecule has 0 aliphatic rings. The third-order valence-corrected chi connectivity index (χ3v) is 6.14. The van der Waals surface area contributed by atoms with Gasteiger partial charge in [0, 0.05) is 29.8 Å². The molecule has 0 bridgehead atoms. The number of amides is 1. The number of thioether (sulfide) groups is 1. The van der Waals surface area contributed by atoms with E-state index in [4.69, 9.17) is 0 Å². The Hall–Kier alpha value is -3.79. The molecule has 0 saturated carbocycles. The zero-order valence-electron chi connectivity index (χ0n) is 17.3. The van der Waals surface area contributed by atoms with Crippen molar-refractivity contribution in [2.24, 2.45) is 0 Å². The highest BCUT2D eigenvalue weighted by Gasteiger charge is 2.22. The predicted octanol–water partition coefficient (Wildman–Crippen LogP) is 4.58. The molecule has 1 N–H and O–H groups in total. The van der Waals surface area contributed by atoms with E-state index in [9.17, 15) is 14.9 Å². The van der Waals surface area contributed by atoms with Crippen molar-refractivity contribution in [1.29, 1.82) is 0 Å². The minimum absolute atomic E-state index is 0.0351. The third kappa shape index (κ3) is 4.17. The van der Waals surface area contributed by atoms with Gasteiger partial charge in [-0.25, -0.2) is 4.98 Å². The quantitative estimate of drug-likeness (QED) is 0.181. The second-order valence-corrected chi connectivity index (χ2v) is 8.16. The molecule has 0 aliphatic carbocycles. The first-order chi connectivity index (χ1) is 15.5. The van der Waals surface area contributed by atoms with E-state index >= 15 is 0 Å². The van der Waals surface area contributed by atoms with Crippen molar-refractivity contribution >= 4 is 51.1 Å². The van der Waals surface area contributed by atoms with E-state index in [0.717, 1.165) is 10.9 Å². The minimum atomic E-state index is -0.484. The van der Waals surface area contributed by atoms with Crippen molar-refractivity contribution in [1.82, 2.24) is 19.7 Å². The van der Waals surface area contributed by atoms with Gasteiger partial charge < -0.3 is 9.88 Å². The molecule has 32 heavy (non-hydrogen) atoms. The van der Waals surface area contributed by atoms with Gasteiger partial charge >= 0.3 is 0 Å². The van der Waals surface area contributed by atoms with Gasteiger partial charge in [0.15, 0.2) is 5.65 Å². The number of nitrogens with zero attached hydrogens (tertiary/aromatic N) is 5. The molecule has 4 aromatic rings. The van der Waals surface area contributed by atoms with Crippen LogP contribution in [0.25, 0.3) is 22.1 Å². The lowest BCUT2D eigenvalue weighted by atomic mass is 10.2. The van der Waals surface area contributed by atoms with E-state index in [-0.39, 0.29) is 11.6 Å². The Morgan fingerprint density at radius 1 is 1.25 bits per heavy atom. The van der Waals surface area contributed by atoms with Crippen LogP contribution in [0.5, 0.6) is 0 Å².